The molecule has 5 nitrogen and oxygen atoms in total. The summed E-state index contributed by atoms with van der Waals surface area (Å²) in [4.78, 5) is 14.9. The van der Waals surface area contributed by atoms with E-state index in [1.807, 2.05) is 24.3 Å². The molecule has 0 saturated carbocycles. The molecular formula is C26H27ClN2O3. The van der Waals surface area contributed by atoms with Gasteiger partial charge in [0.2, 0.25) is 0 Å². The maximum atomic E-state index is 12.5. The molecular weight excluding hydrogens is 424 g/mol. The number of carbonyl (C=O) groups is 1. The van der Waals surface area contributed by atoms with Crippen LogP contribution in [-0.4, -0.2) is 37.1 Å². The van der Waals surface area contributed by atoms with E-state index < -0.39 is 0 Å². The monoisotopic (exact) mass is 450 g/mol. The molecule has 0 unspecified atom stereocenters. The fourth-order valence-electron chi connectivity index (χ4n) is 3.54. The highest BCUT2D eigenvalue weighted by Crippen LogP contribution is 2.19. The molecule has 1 N–H and O–H groups in total. The van der Waals surface area contributed by atoms with Gasteiger partial charge in [-0.1, -0.05) is 54.1 Å². The lowest BCUT2D eigenvalue weighted by atomic mass is 10.1. The summed E-state index contributed by atoms with van der Waals surface area (Å²) in [5.74, 6) is 0.581. The number of amides is 1. The SMILES string of the molecule is O=C(NCc1ccc(CN2CCOCC2)cc1)c1ccc(OCc2ccccc2Cl)cc1. The molecule has 1 heterocycles. The third-order valence-electron chi connectivity index (χ3n) is 5.45. The smallest absolute Gasteiger partial charge is 0.251 e. The zero-order valence-electron chi connectivity index (χ0n) is 17.9. The van der Waals surface area contributed by atoms with Crippen LogP contribution in [-0.2, 0) is 24.4 Å². The lowest BCUT2D eigenvalue weighted by Gasteiger charge is -2.26. The number of nitrogens with zero attached hydrogens (tertiary/aromatic N) is 1. The maximum absolute atomic E-state index is 12.5. The number of carbonyl (C=O) groups excluding carboxylic acids is 1. The van der Waals surface area contributed by atoms with Crippen LogP contribution < -0.4 is 10.1 Å². The number of hydrogen-bond donors (Lipinski definition) is 1. The standard InChI is InChI=1S/C26H27ClN2O3/c27-25-4-2-1-3-23(25)19-32-24-11-9-22(10-12-24)26(30)28-17-20-5-7-21(8-6-20)18-29-13-15-31-16-14-29/h1-12H,13-19H2,(H,28,30). The predicted molar refractivity (Wildman–Crippen MR) is 126 cm³/mol. The molecule has 3 aromatic rings. The zero-order chi connectivity index (χ0) is 22.2. The van der Waals surface area contributed by atoms with Gasteiger partial charge in [0.05, 0.1) is 13.2 Å². The first-order valence-electron chi connectivity index (χ1n) is 10.8. The Bertz CT molecular complexity index is 1020. The number of morpholine rings is 1. The van der Waals surface area contributed by atoms with Crippen LogP contribution in [0, 0.1) is 0 Å². The topological polar surface area (TPSA) is 50.8 Å². The Morgan fingerprint density at radius 2 is 1.62 bits per heavy atom. The van der Waals surface area contributed by atoms with Crippen LogP contribution in [0.4, 0.5) is 0 Å². The molecule has 0 aliphatic carbocycles. The molecule has 1 aliphatic heterocycles. The molecule has 0 aromatic heterocycles. The number of nitrogens with one attached hydrogen (secondary N) is 1. The van der Waals surface area contributed by atoms with Crippen molar-refractivity contribution >= 4 is 17.5 Å². The van der Waals surface area contributed by atoms with Gasteiger partial charge in [0.25, 0.3) is 5.91 Å². The van der Waals surface area contributed by atoms with E-state index in [2.05, 4.69) is 34.5 Å². The average molecular weight is 451 g/mol. The van der Waals surface area contributed by atoms with Crippen molar-refractivity contribution in [3.8, 4) is 5.75 Å². The molecule has 1 aliphatic rings. The van der Waals surface area contributed by atoms with Crippen LogP contribution in [0.2, 0.25) is 5.02 Å². The van der Waals surface area contributed by atoms with Gasteiger partial charge in [-0.15, -0.1) is 0 Å². The van der Waals surface area contributed by atoms with Gasteiger partial charge in [-0.2, -0.15) is 0 Å². The Hall–Kier alpha value is -2.86. The van der Waals surface area contributed by atoms with Crippen molar-refractivity contribution in [2.75, 3.05) is 26.3 Å². The van der Waals surface area contributed by atoms with E-state index in [4.69, 9.17) is 21.1 Å². The van der Waals surface area contributed by atoms with Gasteiger partial charge in [0, 0.05) is 42.3 Å². The number of hydrogen-bond acceptors (Lipinski definition) is 4. The van der Waals surface area contributed by atoms with Crippen molar-refractivity contribution in [1.82, 2.24) is 10.2 Å². The van der Waals surface area contributed by atoms with Crippen molar-refractivity contribution in [2.45, 2.75) is 19.7 Å². The largest absolute Gasteiger partial charge is 0.489 e. The second-order valence-corrected chi connectivity index (χ2v) is 8.20. The molecule has 6 heteroatoms. The highest BCUT2D eigenvalue weighted by Gasteiger charge is 2.11. The van der Waals surface area contributed by atoms with E-state index in [9.17, 15) is 4.79 Å². The van der Waals surface area contributed by atoms with Crippen LogP contribution >= 0.6 is 11.6 Å². The maximum Gasteiger partial charge on any atom is 0.251 e. The normalized spacial score (nSPS) is 14.2. The van der Waals surface area contributed by atoms with E-state index in [1.54, 1.807) is 24.3 Å². The van der Waals surface area contributed by atoms with Crippen LogP contribution in [0.15, 0.2) is 72.8 Å². The summed E-state index contributed by atoms with van der Waals surface area (Å²) in [5.41, 5.74) is 3.86. The summed E-state index contributed by atoms with van der Waals surface area (Å²) in [6.07, 6.45) is 0. The van der Waals surface area contributed by atoms with Gasteiger partial charge >= 0.3 is 0 Å². The Labute approximate surface area is 193 Å². The van der Waals surface area contributed by atoms with Gasteiger partial charge in [0.1, 0.15) is 12.4 Å². The van der Waals surface area contributed by atoms with E-state index in [-0.39, 0.29) is 5.91 Å². The zero-order valence-corrected chi connectivity index (χ0v) is 18.7. The van der Waals surface area contributed by atoms with E-state index in [0.29, 0.717) is 29.5 Å². The van der Waals surface area contributed by atoms with Gasteiger partial charge in [-0.05, 0) is 41.5 Å². The molecule has 1 amide bonds. The first kappa shape index (κ1) is 22.3. The summed E-state index contributed by atoms with van der Waals surface area (Å²) in [6.45, 7) is 5.36. The Morgan fingerprint density at radius 3 is 2.34 bits per heavy atom. The molecule has 0 radical (unpaired) electrons. The third-order valence-corrected chi connectivity index (χ3v) is 5.82. The van der Waals surface area contributed by atoms with Crippen LogP contribution in [0.25, 0.3) is 0 Å². The second-order valence-electron chi connectivity index (χ2n) is 7.79. The molecule has 3 aromatic carbocycles. The molecule has 1 saturated heterocycles. The van der Waals surface area contributed by atoms with Crippen LogP contribution in [0.5, 0.6) is 5.75 Å². The van der Waals surface area contributed by atoms with Crippen molar-refractivity contribution in [3.63, 3.8) is 0 Å². The highest BCUT2D eigenvalue weighted by molar-refractivity contribution is 6.31. The van der Waals surface area contributed by atoms with E-state index >= 15 is 0 Å². The molecule has 166 valence electrons. The highest BCUT2D eigenvalue weighted by atomic mass is 35.5. The summed E-state index contributed by atoms with van der Waals surface area (Å²) in [7, 11) is 0. The Kier molecular flexibility index (Phi) is 7.77. The molecule has 32 heavy (non-hydrogen) atoms. The van der Waals surface area contributed by atoms with E-state index in [0.717, 1.165) is 44.0 Å². The van der Waals surface area contributed by atoms with Gasteiger partial charge in [0.15, 0.2) is 0 Å². The predicted octanol–water partition coefficient (Wildman–Crippen LogP) is 4.68. The van der Waals surface area contributed by atoms with Gasteiger partial charge in [-0.25, -0.2) is 0 Å². The second kappa shape index (κ2) is 11.1. The van der Waals surface area contributed by atoms with Crippen molar-refractivity contribution in [1.29, 1.82) is 0 Å². The lowest BCUT2D eigenvalue weighted by molar-refractivity contribution is 0.0342. The molecule has 0 spiro atoms. The van der Waals surface area contributed by atoms with Gasteiger partial charge in [-0.3, -0.25) is 9.69 Å². The summed E-state index contributed by atoms with van der Waals surface area (Å²) < 4.78 is 11.2. The number of rotatable bonds is 8. The van der Waals surface area contributed by atoms with Crippen LogP contribution in [0.1, 0.15) is 27.0 Å². The number of ether oxygens (including phenoxy) is 2. The Morgan fingerprint density at radius 1 is 0.938 bits per heavy atom. The fourth-order valence-corrected chi connectivity index (χ4v) is 3.73. The quantitative estimate of drug-likeness (QED) is 0.541. The molecule has 4 rings (SSSR count). The number of benzene rings is 3. The number of halogens is 1. The van der Waals surface area contributed by atoms with Crippen molar-refractivity contribution in [3.05, 3.63) is 100 Å². The summed E-state index contributed by atoms with van der Waals surface area (Å²) >= 11 is 6.16. The fraction of sp³-hybridized carbons (Fsp3) is 0.269. The Balaban J connectivity index is 1.24. The minimum absolute atomic E-state index is 0.111. The minimum atomic E-state index is -0.111. The lowest BCUT2D eigenvalue weighted by Crippen LogP contribution is -2.35. The molecule has 0 atom stereocenters. The van der Waals surface area contributed by atoms with Crippen molar-refractivity contribution in [2.24, 2.45) is 0 Å². The van der Waals surface area contributed by atoms with E-state index in [1.165, 1.54) is 5.56 Å². The van der Waals surface area contributed by atoms with Gasteiger partial charge < -0.3 is 14.8 Å². The third kappa shape index (κ3) is 6.33. The van der Waals surface area contributed by atoms with Crippen LogP contribution in [0.3, 0.4) is 0 Å². The minimum Gasteiger partial charge on any atom is -0.489 e. The molecule has 0 bridgehead atoms. The average Bonchev–Trinajstić information content (AvgIpc) is 2.84. The van der Waals surface area contributed by atoms with Crippen molar-refractivity contribution < 1.29 is 14.3 Å². The first-order chi connectivity index (χ1) is 15.7. The first-order valence-corrected chi connectivity index (χ1v) is 11.2. The summed E-state index contributed by atoms with van der Waals surface area (Å²) in [6, 6.07) is 23.1. The summed E-state index contributed by atoms with van der Waals surface area (Å²) in [5, 5.41) is 3.66. The molecule has 1 fully saturated rings.